The zero-order chi connectivity index (χ0) is 26.6. The molecule has 1 aliphatic heterocycles. The molecular weight excluding hydrogens is 484 g/mol. The Hall–Kier alpha value is -4.51. The fourth-order valence-corrected chi connectivity index (χ4v) is 5.17. The van der Waals surface area contributed by atoms with Crippen LogP contribution in [0.1, 0.15) is 34.5 Å². The number of rotatable bonds is 6. The zero-order valence-electron chi connectivity index (χ0n) is 21.7. The highest BCUT2D eigenvalue weighted by Crippen LogP contribution is 2.29. The maximum atomic E-state index is 12.9. The number of nitrogens with zero attached hydrogens (tertiary/aromatic N) is 4. The zero-order valence-corrected chi connectivity index (χ0v) is 21.7. The highest BCUT2D eigenvalue weighted by Gasteiger charge is 2.14. The molecule has 2 aromatic carbocycles. The van der Waals surface area contributed by atoms with E-state index in [9.17, 15) is 4.79 Å². The van der Waals surface area contributed by atoms with Gasteiger partial charge in [0, 0.05) is 55.7 Å². The van der Waals surface area contributed by atoms with Crippen LogP contribution in [0.4, 0.5) is 5.69 Å². The van der Waals surface area contributed by atoms with Gasteiger partial charge in [-0.15, -0.1) is 0 Å². The summed E-state index contributed by atoms with van der Waals surface area (Å²) in [5, 5.41) is 15.5. The third-order valence-electron chi connectivity index (χ3n) is 7.44. The van der Waals surface area contributed by atoms with E-state index in [0.717, 1.165) is 79.3 Å². The molecule has 39 heavy (non-hydrogen) atoms. The Balaban J connectivity index is 1.14. The molecule has 0 unspecified atom stereocenters. The minimum atomic E-state index is -0.127. The average molecular weight is 515 g/mol. The van der Waals surface area contributed by atoms with E-state index in [0.29, 0.717) is 5.56 Å². The number of allylic oxidation sites excluding steroid dienone is 4. The number of pyridine rings is 1. The average Bonchev–Trinajstić information content (AvgIpc) is 3.42. The lowest BCUT2D eigenvalue weighted by molar-refractivity contribution is 0.102. The summed E-state index contributed by atoms with van der Waals surface area (Å²) in [5.41, 5.74) is 8.60. The number of carbonyl (C=O) groups is 1. The minimum Gasteiger partial charge on any atom is -0.322 e. The smallest absolute Gasteiger partial charge is 0.255 e. The first-order valence-electron chi connectivity index (χ1n) is 13.4. The Kier molecular flexibility index (Phi) is 7.05. The minimum absolute atomic E-state index is 0.127. The van der Waals surface area contributed by atoms with Gasteiger partial charge in [0.25, 0.3) is 5.91 Å². The first-order chi connectivity index (χ1) is 19.2. The standard InChI is InChI=1S/C32H30N6O/c33-19-23-1-5-26(6-2-23)30-20-35-31-14-11-28(22-38(30)31)25-7-9-27(10-8-25)32(39)36-29-12-3-24(4-13-29)21-37-17-15-34-16-18-37/h1,3-5,7-14,20,22,34H,2,6,15-18,21H2,(H,36,39). The number of amides is 1. The van der Waals surface area contributed by atoms with Crippen molar-refractivity contribution in [2.45, 2.75) is 19.4 Å². The Morgan fingerprint density at radius 2 is 1.72 bits per heavy atom. The van der Waals surface area contributed by atoms with E-state index in [1.807, 2.05) is 66.9 Å². The molecule has 2 aromatic heterocycles. The van der Waals surface area contributed by atoms with E-state index in [1.54, 1.807) is 0 Å². The van der Waals surface area contributed by atoms with Gasteiger partial charge in [0.2, 0.25) is 0 Å². The second-order valence-electron chi connectivity index (χ2n) is 10.0. The monoisotopic (exact) mass is 514 g/mol. The molecule has 4 aromatic rings. The van der Waals surface area contributed by atoms with Crippen molar-refractivity contribution in [2.24, 2.45) is 0 Å². The van der Waals surface area contributed by atoms with E-state index in [1.165, 1.54) is 11.1 Å². The molecule has 0 atom stereocenters. The van der Waals surface area contributed by atoms with Crippen LogP contribution in [0.15, 0.2) is 90.8 Å². The van der Waals surface area contributed by atoms with Crippen molar-refractivity contribution >= 4 is 22.8 Å². The van der Waals surface area contributed by atoms with E-state index in [-0.39, 0.29) is 5.91 Å². The second kappa shape index (κ2) is 11.1. The van der Waals surface area contributed by atoms with Crippen LogP contribution in [0.2, 0.25) is 0 Å². The van der Waals surface area contributed by atoms with Gasteiger partial charge in [-0.05, 0) is 77.6 Å². The summed E-state index contributed by atoms with van der Waals surface area (Å²) in [6, 6.07) is 22.1. The Morgan fingerprint density at radius 1 is 0.949 bits per heavy atom. The summed E-state index contributed by atoms with van der Waals surface area (Å²) < 4.78 is 2.10. The number of hydrogen-bond acceptors (Lipinski definition) is 5. The predicted molar refractivity (Wildman–Crippen MR) is 154 cm³/mol. The summed E-state index contributed by atoms with van der Waals surface area (Å²) in [6.45, 7) is 5.12. The number of imidazole rings is 1. The molecule has 0 saturated carbocycles. The van der Waals surface area contributed by atoms with Crippen molar-refractivity contribution in [3.05, 3.63) is 108 Å². The van der Waals surface area contributed by atoms with E-state index >= 15 is 0 Å². The van der Waals surface area contributed by atoms with Crippen LogP contribution in [-0.4, -0.2) is 46.4 Å². The molecule has 1 fully saturated rings. The van der Waals surface area contributed by atoms with Crippen molar-refractivity contribution in [2.75, 3.05) is 31.5 Å². The number of nitriles is 1. The van der Waals surface area contributed by atoms with Crippen molar-refractivity contribution in [3.63, 3.8) is 0 Å². The quantitative estimate of drug-likeness (QED) is 0.365. The fourth-order valence-electron chi connectivity index (χ4n) is 5.17. The lowest BCUT2D eigenvalue weighted by Gasteiger charge is -2.27. The van der Waals surface area contributed by atoms with Crippen LogP contribution in [-0.2, 0) is 6.54 Å². The summed E-state index contributed by atoms with van der Waals surface area (Å²) in [7, 11) is 0. The van der Waals surface area contributed by atoms with Crippen LogP contribution in [0.3, 0.4) is 0 Å². The molecule has 2 N–H and O–H groups in total. The third-order valence-corrected chi connectivity index (χ3v) is 7.44. The number of fused-ring (bicyclic) bond motifs is 1. The van der Waals surface area contributed by atoms with Crippen molar-refractivity contribution in [1.29, 1.82) is 5.26 Å². The second-order valence-corrected chi connectivity index (χ2v) is 10.0. The maximum Gasteiger partial charge on any atom is 0.255 e. The van der Waals surface area contributed by atoms with Gasteiger partial charge >= 0.3 is 0 Å². The van der Waals surface area contributed by atoms with Crippen LogP contribution < -0.4 is 10.6 Å². The lowest BCUT2D eigenvalue weighted by atomic mass is 9.97. The molecule has 0 radical (unpaired) electrons. The molecule has 1 aliphatic carbocycles. The highest BCUT2D eigenvalue weighted by atomic mass is 16.1. The molecule has 1 amide bonds. The summed E-state index contributed by atoms with van der Waals surface area (Å²) in [4.78, 5) is 19.9. The summed E-state index contributed by atoms with van der Waals surface area (Å²) >= 11 is 0. The van der Waals surface area contributed by atoms with Crippen LogP contribution >= 0.6 is 0 Å². The van der Waals surface area contributed by atoms with Crippen LogP contribution in [0, 0.1) is 11.3 Å². The third kappa shape index (κ3) is 5.53. The molecule has 6 rings (SSSR count). The number of benzene rings is 2. The molecule has 3 heterocycles. The van der Waals surface area contributed by atoms with Gasteiger partial charge in [0.05, 0.1) is 18.0 Å². The van der Waals surface area contributed by atoms with Gasteiger partial charge in [0.1, 0.15) is 5.65 Å². The number of aromatic nitrogens is 2. The fraction of sp³-hybridized carbons (Fsp3) is 0.219. The van der Waals surface area contributed by atoms with Gasteiger partial charge < -0.3 is 10.6 Å². The maximum absolute atomic E-state index is 12.9. The molecule has 0 bridgehead atoms. The molecule has 7 nitrogen and oxygen atoms in total. The lowest BCUT2D eigenvalue weighted by Crippen LogP contribution is -2.42. The van der Waals surface area contributed by atoms with Crippen LogP contribution in [0.25, 0.3) is 22.3 Å². The summed E-state index contributed by atoms with van der Waals surface area (Å²) in [6.07, 6.45) is 9.46. The Morgan fingerprint density at radius 3 is 2.44 bits per heavy atom. The molecular formula is C32H30N6O. The first-order valence-corrected chi connectivity index (χ1v) is 13.4. The number of anilines is 1. The number of carbonyl (C=O) groups excluding carboxylic acids is 1. The van der Waals surface area contributed by atoms with Crippen molar-refractivity contribution < 1.29 is 4.79 Å². The SMILES string of the molecule is N#CC1=CC=C(c2cnc3ccc(-c4ccc(C(=O)Nc5ccc(CN6CCNCC6)cc5)cc4)cn23)CC1. The molecule has 2 aliphatic rings. The number of piperazine rings is 1. The molecule has 0 spiro atoms. The highest BCUT2D eigenvalue weighted by molar-refractivity contribution is 6.04. The largest absolute Gasteiger partial charge is 0.322 e. The van der Waals surface area contributed by atoms with Gasteiger partial charge in [-0.25, -0.2) is 4.98 Å². The van der Waals surface area contributed by atoms with Gasteiger partial charge in [-0.1, -0.05) is 30.3 Å². The van der Waals surface area contributed by atoms with Gasteiger partial charge in [-0.2, -0.15) is 5.26 Å². The van der Waals surface area contributed by atoms with Gasteiger partial charge in [-0.3, -0.25) is 14.1 Å². The van der Waals surface area contributed by atoms with Crippen molar-refractivity contribution in [1.82, 2.24) is 19.6 Å². The van der Waals surface area contributed by atoms with E-state index in [4.69, 9.17) is 5.26 Å². The molecule has 7 heteroatoms. The number of nitrogens with one attached hydrogen (secondary N) is 2. The predicted octanol–water partition coefficient (Wildman–Crippen LogP) is 5.29. The van der Waals surface area contributed by atoms with Crippen molar-refractivity contribution in [3.8, 4) is 17.2 Å². The normalized spacial score (nSPS) is 15.9. The first kappa shape index (κ1) is 24.8. The topological polar surface area (TPSA) is 85.5 Å². The summed E-state index contributed by atoms with van der Waals surface area (Å²) in [5.74, 6) is -0.127. The molecule has 194 valence electrons. The Labute approximate surface area is 228 Å². The molecule has 1 saturated heterocycles. The Bertz CT molecular complexity index is 1600. The van der Waals surface area contributed by atoms with E-state index < -0.39 is 0 Å². The van der Waals surface area contributed by atoms with Crippen LogP contribution in [0.5, 0.6) is 0 Å². The number of hydrogen-bond donors (Lipinski definition) is 2. The van der Waals surface area contributed by atoms with Gasteiger partial charge in [0.15, 0.2) is 0 Å². The van der Waals surface area contributed by atoms with E-state index in [2.05, 4.69) is 49.3 Å².